The second-order valence-electron chi connectivity index (χ2n) is 16.5. The lowest BCUT2D eigenvalue weighted by atomic mass is 9.99. The Morgan fingerprint density at radius 3 is 1.40 bits per heavy atom. The minimum absolute atomic E-state index is 0.265. The van der Waals surface area contributed by atoms with Gasteiger partial charge in [0.1, 0.15) is 30.5 Å². The van der Waals surface area contributed by atoms with Crippen LogP contribution >= 0.6 is 0 Å². The number of ether oxygens (including phenoxy) is 2. The fourth-order valence-electron chi connectivity index (χ4n) is 7.58. The molecule has 0 aromatic heterocycles. The summed E-state index contributed by atoms with van der Waals surface area (Å²) in [5, 5.41) is 55.3. The molecule has 8 unspecified atom stereocenters. The van der Waals surface area contributed by atoms with Crippen molar-refractivity contribution in [2.45, 2.75) is 255 Å². The van der Waals surface area contributed by atoms with Crippen LogP contribution in [0.1, 0.15) is 206 Å². The molecule has 0 spiro atoms. The van der Waals surface area contributed by atoms with Crippen molar-refractivity contribution >= 4 is 16.3 Å². The van der Waals surface area contributed by atoms with Crippen molar-refractivity contribution in [1.82, 2.24) is 5.32 Å². The van der Waals surface area contributed by atoms with E-state index in [2.05, 4.69) is 23.3 Å². The Kier molecular flexibility index (Phi) is 33.0. The van der Waals surface area contributed by atoms with E-state index in [1.807, 2.05) is 0 Å². The number of unbranched alkanes of at least 4 members (excludes halogenated alkanes) is 26. The summed E-state index contributed by atoms with van der Waals surface area (Å²) in [6.45, 7) is 3.27. The summed E-state index contributed by atoms with van der Waals surface area (Å²) in [5.41, 5.74) is 0. The fraction of sp³-hybridized carbons (Fsp3) is 0.977. The monoisotopic (exact) mass is 840 g/mol. The van der Waals surface area contributed by atoms with E-state index in [4.69, 9.17) is 9.47 Å². The van der Waals surface area contributed by atoms with Gasteiger partial charge in [-0.2, -0.15) is 8.42 Å². The molecule has 0 aromatic rings. The van der Waals surface area contributed by atoms with Crippen molar-refractivity contribution < 1.29 is 57.0 Å². The van der Waals surface area contributed by atoms with Crippen LogP contribution in [0.25, 0.3) is 0 Å². The Labute approximate surface area is 346 Å². The molecule has 0 radical (unpaired) electrons. The molecule has 0 saturated carbocycles. The Morgan fingerprint density at radius 1 is 0.632 bits per heavy atom. The van der Waals surface area contributed by atoms with Gasteiger partial charge in [-0.3, -0.25) is 9.35 Å². The maximum absolute atomic E-state index is 13.1. The molecule has 14 heteroatoms. The van der Waals surface area contributed by atoms with E-state index in [0.717, 1.165) is 38.5 Å². The van der Waals surface area contributed by atoms with Crippen molar-refractivity contribution in [3.8, 4) is 0 Å². The zero-order chi connectivity index (χ0) is 42.2. The molecule has 1 fully saturated rings. The van der Waals surface area contributed by atoms with Gasteiger partial charge in [-0.05, 0) is 12.8 Å². The highest BCUT2D eigenvalue weighted by molar-refractivity contribution is 7.80. The zero-order valence-electron chi connectivity index (χ0n) is 35.8. The number of hydrogen-bond donors (Lipinski definition) is 7. The molecule has 1 aliphatic rings. The lowest BCUT2D eigenvalue weighted by Gasteiger charge is -2.41. The average Bonchev–Trinajstić information content (AvgIpc) is 3.18. The minimum atomic E-state index is -5.10. The van der Waals surface area contributed by atoms with Crippen LogP contribution in [0.2, 0.25) is 0 Å². The molecule has 1 rings (SSSR count). The number of carbonyl (C=O) groups is 1. The van der Waals surface area contributed by atoms with E-state index in [9.17, 15) is 43.3 Å². The Bertz CT molecular complexity index is 1050. The van der Waals surface area contributed by atoms with Gasteiger partial charge in [-0.15, -0.1) is 0 Å². The first-order chi connectivity index (χ1) is 27.4. The van der Waals surface area contributed by atoms with Gasteiger partial charge >= 0.3 is 10.4 Å². The quantitative estimate of drug-likeness (QED) is 0.0236. The number of aliphatic hydroxyl groups excluding tert-OH is 5. The molecular formula is C43H85NO12S. The van der Waals surface area contributed by atoms with E-state index in [-0.39, 0.29) is 6.42 Å². The Morgan fingerprint density at radius 2 is 1.02 bits per heavy atom. The number of nitrogens with one attached hydrogen (secondary N) is 1. The molecule has 1 saturated heterocycles. The summed E-state index contributed by atoms with van der Waals surface area (Å²) in [6.07, 6.45) is 22.9. The second kappa shape index (κ2) is 34.7. The molecule has 1 heterocycles. The van der Waals surface area contributed by atoms with Crippen LogP contribution in [-0.2, 0) is 28.9 Å². The van der Waals surface area contributed by atoms with Gasteiger partial charge in [0.05, 0.1) is 25.4 Å². The van der Waals surface area contributed by atoms with E-state index in [0.29, 0.717) is 19.3 Å². The fourth-order valence-corrected chi connectivity index (χ4v) is 8.09. The van der Waals surface area contributed by atoms with Crippen molar-refractivity contribution in [2.24, 2.45) is 0 Å². The highest BCUT2D eigenvalue weighted by Gasteiger charge is 2.48. The molecule has 57 heavy (non-hydrogen) atoms. The van der Waals surface area contributed by atoms with Crippen LogP contribution in [0.4, 0.5) is 0 Å². The predicted octanol–water partition coefficient (Wildman–Crippen LogP) is 7.58. The highest BCUT2D eigenvalue weighted by atomic mass is 32.3. The Balaban J connectivity index is 2.56. The van der Waals surface area contributed by atoms with Crippen LogP contribution in [0.3, 0.4) is 0 Å². The van der Waals surface area contributed by atoms with Crippen LogP contribution < -0.4 is 5.32 Å². The highest BCUT2D eigenvalue weighted by Crippen LogP contribution is 2.26. The van der Waals surface area contributed by atoms with E-state index >= 15 is 0 Å². The zero-order valence-corrected chi connectivity index (χ0v) is 36.6. The minimum Gasteiger partial charge on any atom is -0.394 e. The first-order valence-electron chi connectivity index (χ1n) is 23.0. The number of carbonyl (C=O) groups excluding carboxylic acids is 1. The summed E-state index contributed by atoms with van der Waals surface area (Å²) in [4.78, 5) is 13.1. The summed E-state index contributed by atoms with van der Waals surface area (Å²) in [6, 6.07) is -1.03. The van der Waals surface area contributed by atoms with Gasteiger partial charge in [0.2, 0.25) is 5.91 Å². The molecule has 8 atom stereocenters. The third kappa shape index (κ3) is 27.5. The third-order valence-corrected chi connectivity index (χ3v) is 11.7. The lowest BCUT2D eigenvalue weighted by molar-refractivity contribution is -0.298. The Hall–Kier alpha value is -0.940. The molecule has 0 bridgehead atoms. The van der Waals surface area contributed by atoms with Gasteiger partial charge in [-0.25, -0.2) is 4.18 Å². The number of hydrogen-bond acceptors (Lipinski definition) is 11. The molecule has 1 amide bonds. The largest absolute Gasteiger partial charge is 0.397 e. The average molecular weight is 840 g/mol. The van der Waals surface area contributed by atoms with E-state index in [1.165, 1.54) is 128 Å². The van der Waals surface area contributed by atoms with Crippen molar-refractivity contribution in [3.63, 3.8) is 0 Å². The topological polar surface area (TPSA) is 212 Å². The predicted molar refractivity (Wildman–Crippen MR) is 224 cm³/mol. The first kappa shape index (κ1) is 54.1. The van der Waals surface area contributed by atoms with Gasteiger partial charge < -0.3 is 40.3 Å². The van der Waals surface area contributed by atoms with Crippen LogP contribution in [0, 0.1) is 0 Å². The van der Waals surface area contributed by atoms with E-state index in [1.54, 1.807) is 0 Å². The molecule has 0 aliphatic carbocycles. The van der Waals surface area contributed by atoms with Crippen LogP contribution in [-0.4, -0.2) is 107 Å². The molecule has 7 N–H and O–H groups in total. The van der Waals surface area contributed by atoms with Gasteiger partial charge in [-0.1, -0.05) is 194 Å². The standard InChI is InChI=1S/C43H85NO12S/c1-3-5-7-9-11-13-15-17-18-19-20-22-23-25-27-29-31-36(46)35(34-54-43-40(49)41(56-57(51,52)53)39(48)38(33-45)55-43)44-42(50)37(47)32-30-28-26-24-21-16-14-12-10-8-6-4-2/h35-41,43,45-49H,3-34H2,1-2H3,(H,44,50)(H,51,52,53). The normalized spacial score (nSPS) is 21.7. The molecular weight excluding hydrogens is 755 g/mol. The lowest BCUT2D eigenvalue weighted by Crippen LogP contribution is -2.61. The third-order valence-electron chi connectivity index (χ3n) is 11.3. The summed E-state index contributed by atoms with van der Waals surface area (Å²) < 4.78 is 47.5. The molecule has 1 aliphatic heterocycles. The summed E-state index contributed by atoms with van der Waals surface area (Å²) in [7, 11) is -5.10. The second-order valence-corrected chi connectivity index (χ2v) is 17.5. The molecule has 0 aromatic carbocycles. The van der Waals surface area contributed by atoms with Crippen molar-refractivity contribution in [3.05, 3.63) is 0 Å². The SMILES string of the molecule is CCCCCCCCCCCCCCCCCCC(O)C(COC1OC(CO)C(O)C(OS(=O)(=O)O)C1O)NC(=O)C(O)CCCCCCCCCCCCCC. The van der Waals surface area contributed by atoms with Crippen molar-refractivity contribution in [2.75, 3.05) is 13.2 Å². The molecule has 340 valence electrons. The maximum Gasteiger partial charge on any atom is 0.397 e. The van der Waals surface area contributed by atoms with Crippen LogP contribution in [0.15, 0.2) is 0 Å². The van der Waals surface area contributed by atoms with Crippen molar-refractivity contribution in [1.29, 1.82) is 0 Å². The van der Waals surface area contributed by atoms with E-state index < -0.39 is 78.5 Å². The van der Waals surface area contributed by atoms with Gasteiger partial charge in [0.25, 0.3) is 0 Å². The smallest absolute Gasteiger partial charge is 0.394 e. The summed E-state index contributed by atoms with van der Waals surface area (Å²) in [5.74, 6) is -0.668. The van der Waals surface area contributed by atoms with Gasteiger partial charge in [0.15, 0.2) is 6.29 Å². The summed E-state index contributed by atoms with van der Waals surface area (Å²) >= 11 is 0. The number of aliphatic hydroxyl groups is 5. The maximum atomic E-state index is 13.1. The van der Waals surface area contributed by atoms with Gasteiger partial charge in [0, 0.05) is 0 Å². The number of amides is 1. The number of rotatable bonds is 39. The first-order valence-corrected chi connectivity index (χ1v) is 24.4. The molecule has 13 nitrogen and oxygen atoms in total. The van der Waals surface area contributed by atoms with Crippen LogP contribution in [0.5, 0.6) is 0 Å².